The van der Waals surface area contributed by atoms with Crippen LogP contribution >= 0.6 is 0 Å². The Hall–Kier alpha value is -1.32. The first-order valence-electron chi connectivity index (χ1n) is 4.27. The second kappa shape index (κ2) is 2.34. The number of aliphatic carboxylic acids is 1. The first kappa shape index (κ1) is 8.29. The van der Waals surface area contributed by atoms with Crippen molar-refractivity contribution in [1.29, 1.82) is 0 Å². The summed E-state index contributed by atoms with van der Waals surface area (Å²) in [6.07, 6.45) is 1.22. The number of hydrogen-bond acceptors (Lipinski definition) is 2. The molecule has 0 aromatic rings. The topological polar surface area (TPSA) is 57.6 Å². The zero-order chi connectivity index (χ0) is 9.64. The van der Waals surface area contributed by atoms with E-state index in [1.165, 1.54) is 4.90 Å². The van der Waals surface area contributed by atoms with Crippen molar-refractivity contribution >= 4 is 11.9 Å². The predicted molar refractivity (Wildman–Crippen MR) is 45.1 cm³/mol. The summed E-state index contributed by atoms with van der Waals surface area (Å²) in [5, 5.41) is 9.07. The fourth-order valence-electron chi connectivity index (χ4n) is 2.24. The molecule has 2 aliphatic rings. The monoisotopic (exact) mass is 181 g/mol. The Morgan fingerprint density at radius 1 is 1.62 bits per heavy atom. The molecule has 2 rings (SSSR count). The molecule has 0 aromatic carbocycles. The lowest BCUT2D eigenvalue weighted by Crippen LogP contribution is -2.47. The van der Waals surface area contributed by atoms with Gasteiger partial charge in [-0.15, -0.1) is 0 Å². The van der Waals surface area contributed by atoms with Gasteiger partial charge in [0.15, 0.2) is 0 Å². The maximum absolute atomic E-state index is 11.3. The molecule has 4 heteroatoms. The van der Waals surface area contributed by atoms with E-state index in [1.807, 2.05) is 0 Å². The van der Waals surface area contributed by atoms with Crippen LogP contribution in [0.25, 0.3) is 0 Å². The molecule has 13 heavy (non-hydrogen) atoms. The van der Waals surface area contributed by atoms with Gasteiger partial charge in [0, 0.05) is 19.4 Å². The number of hydrogen-bond donors (Lipinski definition) is 1. The minimum Gasteiger partial charge on any atom is -0.479 e. The Bertz CT molecular complexity index is 310. The summed E-state index contributed by atoms with van der Waals surface area (Å²) in [7, 11) is 0. The van der Waals surface area contributed by atoms with Gasteiger partial charge in [-0.05, 0) is 6.42 Å². The van der Waals surface area contributed by atoms with Crippen LogP contribution in [0.3, 0.4) is 0 Å². The van der Waals surface area contributed by atoms with E-state index in [2.05, 4.69) is 6.58 Å². The summed E-state index contributed by atoms with van der Waals surface area (Å²) in [6.45, 7) is 4.16. The van der Waals surface area contributed by atoms with Gasteiger partial charge < -0.3 is 10.0 Å². The van der Waals surface area contributed by atoms with Crippen LogP contribution in [0.1, 0.15) is 19.3 Å². The average molecular weight is 181 g/mol. The summed E-state index contributed by atoms with van der Waals surface area (Å²) in [5.74, 6) is -0.946. The third-order valence-corrected chi connectivity index (χ3v) is 2.89. The molecule has 2 aliphatic heterocycles. The lowest BCUT2D eigenvalue weighted by Gasteiger charge is -2.26. The standard InChI is InChI=1S/C9H11NO3/c1-6-4-9(8(12)13)3-2-7(11)10(9)5-6/h1-5H2,(H,12,13)/t9-/m0/s1. The number of rotatable bonds is 1. The predicted octanol–water partition coefficient (Wildman–Crippen LogP) is 0.392. The van der Waals surface area contributed by atoms with Gasteiger partial charge in [0.05, 0.1) is 0 Å². The lowest BCUT2D eigenvalue weighted by atomic mass is 9.93. The normalized spacial score (nSPS) is 32.5. The third kappa shape index (κ3) is 0.913. The molecule has 4 nitrogen and oxygen atoms in total. The van der Waals surface area contributed by atoms with Gasteiger partial charge in [-0.3, -0.25) is 4.79 Å². The Labute approximate surface area is 75.8 Å². The van der Waals surface area contributed by atoms with Crippen molar-refractivity contribution in [2.24, 2.45) is 0 Å². The minimum absolute atomic E-state index is 0.0546. The number of carbonyl (C=O) groups excluding carboxylic acids is 1. The molecule has 2 saturated heterocycles. The van der Waals surface area contributed by atoms with Crippen molar-refractivity contribution < 1.29 is 14.7 Å². The fraction of sp³-hybridized carbons (Fsp3) is 0.556. The van der Waals surface area contributed by atoms with Gasteiger partial charge >= 0.3 is 5.97 Å². The minimum atomic E-state index is -0.950. The van der Waals surface area contributed by atoms with E-state index >= 15 is 0 Å². The Morgan fingerprint density at radius 3 is 2.85 bits per heavy atom. The SMILES string of the molecule is C=C1CN2C(=O)CC[C@@]2(C(=O)O)C1. The maximum atomic E-state index is 11.3. The molecule has 1 amide bonds. The van der Waals surface area contributed by atoms with Crippen molar-refractivity contribution in [2.45, 2.75) is 24.8 Å². The number of carboxylic acid groups (broad SMARTS) is 1. The molecule has 0 radical (unpaired) electrons. The lowest BCUT2D eigenvalue weighted by molar-refractivity contribution is -0.151. The number of carboxylic acids is 1. The van der Waals surface area contributed by atoms with Crippen LogP contribution in [0.5, 0.6) is 0 Å². The highest BCUT2D eigenvalue weighted by atomic mass is 16.4. The molecule has 70 valence electrons. The highest BCUT2D eigenvalue weighted by Crippen LogP contribution is 2.41. The van der Waals surface area contributed by atoms with Crippen LogP contribution in [-0.2, 0) is 9.59 Å². The van der Waals surface area contributed by atoms with Gasteiger partial charge in [-0.1, -0.05) is 12.2 Å². The van der Waals surface area contributed by atoms with E-state index in [0.717, 1.165) is 5.57 Å². The van der Waals surface area contributed by atoms with Crippen molar-refractivity contribution in [3.05, 3.63) is 12.2 Å². The summed E-state index contributed by atoms with van der Waals surface area (Å²) in [4.78, 5) is 23.8. The molecule has 0 bridgehead atoms. The van der Waals surface area contributed by atoms with E-state index < -0.39 is 11.5 Å². The smallest absolute Gasteiger partial charge is 0.329 e. The molecule has 2 fully saturated rings. The van der Waals surface area contributed by atoms with Crippen LogP contribution in [0.2, 0.25) is 0 Å². The Morgan fingerprint density at radius 2 is 2.31 bits per heavy atom. The van der Waals surface area contributed by atoms with Crippen LogP contribution < -0.4 is 0 Å². The van der Waals surface area contributed by atoms with Gasteiger partial charge in [-0.25, -0.2) is 4.79 Å². The van der Waals surface area contributed by atoms with Crippen molar-refractivity contribution in [2.75, 3.05) is 6.54 Å². The van der Waals surface area contributed by atoms with Gasteiger partial charge in [0.25, 0.3) is 0 Å². The molecule has 2 heterocycles. The number of carbonyl (C=O) groups is 2. The van der Waals surface area contributed by atoms with Crippen LogP contribution in [0, 0.1) is 0 Å². The largest absolute Gasteiger partial charge is 0.479 e. The fourth-order valence-corrected chi connectivity index (χ4v) is 2.24. The van der Waals surface area contributed by atoms with E-state index in [1.54, 1.807) is 0 Å². The Balaban J connectivity index is 2.40. The summed E-state index contributed by atoms with van der Waals surface area (Å²) >= 11 is 0. The zero-order valence-corrected chi connectivity index (χ0v) is 7.25. The molecule has 0 saturated carbocycles. The van der Waals surface area contributed by atoms with Gasteiger partial charge in [-0.2, -0.15) is 0 Å². The quantitative estimate of drug-likeness (QED) is 0.595. The average Bonchev–Trinajstić information content (AvgIpc) is 2.51. The second-order valence-electron chi connectivity index (χ2n) is 3.74. The molecule has 0 unspecified atom stereocenters. The van der Waals surface area contributed by atoms with Crippen molar-refractivity contribution in [3.8, 4) is 0 Å². The summed E-state index contributed by atoms with van der Waals surface area (Å²) < 4.78 is 0. The van der Waals surface area contributed by atoms with E-state index in [4.69, 9.17) is 5.11 Å². The first-order valence-corrected chi connectivity index (χ1v) is 4.27. The van der Waals surface area contributed by atoms with Gasteiger partial charge in [0.1, 0.15) is 5.54 Å². The third-order valence-electron chi connectivity index (χ3n) is 2.89. The van der Waals surface area contributed by atoms with E-state index in [9.17, 15) is 9.59 Å². The number of amides is 1. The van der Waals surface area contributed by atoms with Crippen LogP contribution in [0.4, 0.5) is 0 Å². The van der Waals surface area contributed by atoms with Gasteiger partial charge in [0.2, 0.25) is 5.91 Å². The summed E-state index contributed by atoms with van der Waals surface area (Å²) in [6, 6.07) is 0. The maximum Gasteiger partial charge on any atom is 0.329 e. The molecule has 0 aromatic heterocycles. The van der Waals surface area contributed by atoms with Crippen molar-refractivity contribution in [3.63, 3.8) is 0 Å². The molecule has 1 atom stereocenters. The summed E-state index contributed by atoms with van der Waals surface area (Å²) in [5.41, 5.74) is -0.107. The Kier molecular flexibility index (Phi) is 1.49. The number of fused-ring (bicyclic) bond motifs is 1. The molecule has 0 spiro atoms. The highest BCUT2D eigenvalue weighted by molar-refractivity contribution is 5.92. The second-order valence-corrected chi connectivity index (χ2v) is 3.74. The van der Waals surface area contributed by atoms with Crippen LogP contribution in [-0.4, -0.2) is 34.0 Å². The van der Waals surface area contributed by atoms with E-state index in [-0.39, 0.29) is 5.91 Å². The molecule has 0 aliphatic carbocycles. The van der Waals surface area contributed by atoms with Crippen LogP contribution in [0.15, 0.2) is 12.2 Å². The highest BCUT2D eigenvalue weighted by Gasteiger charge is 2.55. The zero-order valence-electron chi connectivity index (χ0n) is 7.25. The van der Waals surface area contributed by atoms with E-state index in [0.29, 0.717) is 25.8 Å². The number of nitrogens with zero attached hydrogens (tertiary/aromatic N) is 1. The molecular weight excluding hydrogens is 170 g/mol. The first-order chi connectivity index (χ1) is 6.06. The van der Waals surface area contributed by atoms with Crippen molar-refractivity contribution in [1.82, 2.24) is 4.90 Å². The molecule has 1 N–H and O–H groups in total. The molecular formula is C9H11NO3.